The van der Waals surface area contributed by atoms with Gasteiger partial charge in [-0.2, -0.15) is 11.8 Å². The second-order valence-corrected chi connectivity index (χ2v) is 6.18. The first-order valence-electron chi connectivity index (χ1n) is 6.47. The normalized spacial score (nSPS) is 18.1. The van der Waals surface area contributed by atoms with Gasteiger partial charge in [0.15, 0.2) is 0 Å². The summed E-state index contributed by atoms with van der Waals surface area (Å²) in [4.78, 5) is 0. The summed E-state index contributed by atoms with van der Waals surface area (Å²) in [5, 5.41) is 4.47. The van der Waals surface area contributed by atoms with E-state index in [0.29, 0.717) is 6.04 Å². The largest absolute Gasteiger partial charge is 0.305 e. The van der Waals surface area contributed by atoms with Crippen LogP contribution in [-0.2, 0) is 12.3 Å². The lowest BCUT2D eigenvalue weighted by Gasteiger charge is -2.26. The van der Waals surface area contributed by atoms with Gasteiger partial charge < -0.3 is 5.32 Å². The molecule has 0 spiro atoms. The maximum Gasteiger partial charge on any atom is 0.0450 e. The molecule has 1 N–H and O–H groups in total. The van der Waals surface area contributed by atoms with Gasteiger partial charge in [-0.1, -0.05) is 54.1 Å². The predicted molar refractivity (Wildman–Crippen MR) is 83.6 cm³/mol. The Balaban J connectivity index is 1.73. The van der Waals surface area contributed by atoms with Gasteiger partial charge in [0.1, 0.15) is 0 Å². The van der Waals surface area contributed by atoms with E-state index in [1.165, 1.54) is 11.1 Å². The number of hydrogen-bond acceptors (Lipinski definition) is 2. The van der Waals surface area contributed by atoms with Crippen molar-refractivity contribution in [1.82, 2.24) is 5.32 Å². The van der Waals surface area contributed by atoms with E-state index in [0.717, 1.165) is 28.6 Å². The van der Waals surface area contributed by atoms with Crippen LogP contribution in [0.2, 0.25) is 5.02 Å². The predicted octanol–water partition coefficient (Wildman–Crippen LogP) is 4.42. The molecule has 0 bridgehead atoms. The lowest BCUT2D eigenvalue weighted by Crippen LogP contribution is -2.26. The van der Waals surface area contributed by atoms with Gasteiger partial charge in [-0.05, 0) is 22.8 Å². The summed E-state index contributed by atoms with van der Waals surface area (Å²) in [5.74, 6) is 2.25. The van der Waals surface area contributed by atoms with E-state index in [-0.39, 0.29) is 0 Å². The summed E-state index contributed by atoms with van der Waals surface area (Å²) in [6.45, 7) is 0.819. The van der Waals surface area contributed by atoms with E-state index < -0.39 is 0 Å². The van der Waals surface area contributed by atoms with Gasteiger partial charge >= 0.3 is 0 Å². The summed E-state index contributed by atoms with van der Waals surface area (Å²) in [6.07, 6.45) is 0. The molecule has 0 aliphatic carbocycles. The monoisotopic (exact) mass is 289 g/mol. The molecule has 0 fully saturated rings. The molecule has 1 nitrogen and oxygen atoms in total. The molecule has 1 aliphatic rings. The van der Waals surface area contributed by atoms with Crippen molar-refractivity contribution < 1.29 is 0 Å². The van der Waals surface area contributed by atoms with Gasteiger partial charge in [-0.25, -0.2) is 0 Å². The molecule has 1 heterocycles. The first-order valence-corrected chi connectivity index (χ1v) is 8.00. The highest BCUT2D eigenvalue weighted by atomic mass is 35.5. The van der Waals surface area contributed by atoms with Crippen molar-refractivity contribution in [3.05, 3.63) is 70.2 Å². The highest BCUT2D eigenvalue weighted by Gasteiger charge is 2.19. The molecule has 2 aromatic carbocycles. The van der Waals surface area contributed by atoms with Crippen LogP contribution in [0, 0.1) is 0 Å². The number of rotatable bonds is 3. The number of fused-ring (bicyclic) bond motifs is 1. The fraction of sp³-hybridized carbons (Fsp3) is 0.250. The standard InChI is InChI=1S/C16H16ClNS/c17-15-8-4-2-5-12(15)9-18-16-11-19-10-13-6-1-3-7-14(13)16/h1-8,16,18H,9-11H2. The van der Waals surface area contributed by atoms with E-state index >= 15 is 0 Å². The fourth-order valence-electron chi connectivity index (χ4n) is 2.43. The van der Waals surface area contributed by atoms with Crippen molar-refractivity contribution >= 4 is 23.4 Å². The summed E-state index contributed by atoms with van der Waals surface area (Å²) < 4.78 is 0. The molecule has 3 heteroatoms. The summed E-state index contributed by atoms with van der Waals surface area (Å²) in [7, 11) is 0. The lowest BCUT2D eigenvalue weighted by atomic mass is 10.0. The van der Waals surface area contributed by atoms with Gasteiger partial charge in [0.25, 0.3) is 0 Å². The maximum absolute atomic E-state index is 6.20. The second kappa shape index (κ2) is 6.00. The summed E-state index contributed by atoms with van der Waals surface area (Å²) in [6, 6.07) is 17.2. The zero-order valence-electron chi connectivity index (χ0n) is 10.6. The number of nitrogens with one attached hydrogen (secondary N) is 1. The van der Waals surface area contributed by atoms with Gasteiger partial charge in [0, 0.05) is 29.1 Å². The molecule has 0 saturated heterocycles. The minimum absolute atomic E-state index is 0.422. The van der Waals surface area contributed by atoms with E-state index in [1.807, 2.05) is 30.0 Å². The van der Waals surface area contributed by atoms with Crippen molar-refractivity contribution in [1.29, 1.82) is 0 Å². The quantitative estimate of drug-likeness (QED) is 0.898. The molecule has 1 aliphatic heterocycles. The zero-order valence-corrected chi connectivity index (χ0v) is 12.2. The van der Waals surface area contributed by atoms with Crippen LogP contribution in [-0.4, -0.2) is 5.75 Å². The van der Waals surface area contributed by atoms with Crippen molar-refractivity contribution in [2.45, 2.75) is 18.3 Å². The van der Waals surface area contributed by atoms with E-state index in [2.05, 4.69) is 35.6 Å². The van der Waals surface area contributed by atoms with Crippen LogP contribution in [0.25, 0.3) is 0 Å². The first kappa shape index (κ1) is 13.0. The maximum atomic E-state index is 6.20. The molecular formula is C16H16ClNS. The Morgan fingerprint density at radius 3 is 2.79 bits per heavy atom. The van der Waals surface area contributed by atoms with E-state index in [4.69, 9.17) is 11.6 Å². The summed E-state index contributed by atoms with van der Waals surface area (Å²) in [5.41, 5.74) is 4.06. The minimum atomic E-state index is 0.422. The van der Waals surface area contributed by atoms with Crippen LogP contribution in [0.15, 0.2) is 48.5 Å². The molecule has 3 rings (SSSR count). The third kappa shape index (κ3) is 2.97. The Morgan fingerprint density at radius 2 is 1.89 bits per heavy atom. The lowest BCUT2D eigenvalue weighted by molar-refractivity contribution is 0.575. The molecule has 2 aromatic rings. The van der Waals surface area contributed by atoms with Crippen LogP contribution >= 0.6 is 23.4 Å². The van der Waals surface area contributed by atoms with E-state index in [9.17, 15) is 0 Å². The molecule has 1 atom stereocenters. The third-order valence-corrected chi connectivity index (χ3v) is 4.92. The van der Waals surface area contributed by atoms with Crippen LogP contribution in [0.4, 0.5) is 0 Å². The highest BCUT2D eigenvalue weighted by Crippen LogP contribution is 2.31. The summed E-state index contributed by atoms with van der Waals surface area (Å²) >= 11 is 8.19. The van der Waals surface area contributed by atoms with Gasteiger partial charge in [0.05, 0.1) is 0 Å². The highest BCUT2D eigenvalue weighted by molar-refractivity contribution is 7.98. The van der Waals surface area contributed by atoms with Crippen LogP contribution in [0.3, 0.4) is 0 Å². The minimum Gasteiger partial charge on any atom is -0.305 e. The number of halogens is 1. The van der Waals surface area contributed by atoms with Crippen LogP contribution in [0.1, 0.15) is 22.7 Å². The number of thioether (sulfide) groups is 1. The van der Waals surface area contributed by atoms with Crippen molar-refractivity contribution in [3.63, 3.8) is 0 Å². The van der Waals surface area contributed by atoms with Crippen LogP contribution < -0.4 is 5.32 Å². The Morgan fingerprint density at radius 1 is 1.11 bits per heavy atom. The molecule has 0 saturated carbocycles. The first-order chi connectivity index (χ1) is 9.34. The van der Waals surface area contributed by atoms with Gasteiger partial charge in [0.2, 0.25) is 0 Å². The van der Waals surface area contributed by atoms with Crippen molar-refractivity contribution in [3.8, 4) is 0 Å². The van der Waals surface area contributed by atoms with Gasteiger partial charge in [-0.15, -0.1) is 0 Å². The second-order valence-electron chi connectivity index (χ2n) is 4.74. The van der Waals surface area contributed by atoms with Crippen LogP contribution in [0.5, 0.6) is 0 Å². The zero-order chi connectivity index (χ0) is 13.1. The Kier molecular flexibility index (Phi) is 4.12. The molecule has 0 radical (unpaired) electrons. The Labute approximate surface area is 123 Å². The average molecular weight is 290 g/mol. The number of hydrogen-bond donors (Lipinski definition) is 1. The fourth-order valence-corrected chi connectivity index (χ4v) is 3.76. The molecule has 0 amide bonds. The number of benzene rings is 2. The molecule has 19 heavy (non-hydrogen) atoms. The van der Waals surface area contributed by atoms with Crippen molar-refractivity contribution in [2.24, 2.45) is 0 Å². The smallest absolute Gasteiger partial charge is 0.0450 e. The Hall–Kier alpha value is -0.960. The molecule has 1 unspecified atom stereocenters. The molecule has 0 aromatic heterocycles. The third-order valence-electron chi connectivity index (χ3n) is 3.47. The van der Waals surface area contributed by atoms with Gasteiger partial charge in [-0.3, -0.25) is 0 Å². The average Bonchev–Trinajstić information content (AvgIpc) is 2.46. The van der Waals surface area contributed by atoms with E-state index in [1.54, 1.807) is 0 Å². The van der Waals surface area contributed by atoms with Crippen molar-refractivity contribution in [2.75, 3.05) is 5.75 Å². The Bertz CT molecular complexity index is 570. The SMILES string of the molecule is Clc1ccccc1CNC1CSCc2ccccc21. The molecule has 98 valence electrons. The topological polar surface area (TPSA) is 12.0 Å². The molecular weight excluding hydrogens is 274 g/mol.